The molecule has 0 aliphatic rings. The molecule has 0 aliphatic carbocycles. The van der Waals surface area contributed by atoms with Gasteiger partial charge < -0.3 is 10.4 Å². The molecule has 2 aromatic rings. The number of hydrogen-bond donors (Lipinski definition) is 2. The first kappa shape index (κ1) is 14.7. The molecule has 0 bridgehead atoms. The molecule has 0 aliphatic heterocycles. The standard InChI is InChI=1S/C16H14FNO3/c1-9-5-3-6-11(10(9)2)15(19)18-14-12(16(20)21)7-4-8-13(14)17/h3-8H,1-2H3,(H,18,19)(H,20,21). The molecule has 0 aromatic heterocycles. The number of carboxylic acid groups (broad SMARTS) is 1. The van der Waals surface area contributed by atoms with Gasteiger partial charge in [-0.1, -0.05) is 18.2 Å². The lowest BCUT2D eigenvalue weighted by Gasteiger charge is -2.12. The minimum Gasteiger partial charge on any atom is -0.478 e. The van der Waals surface area contributed by atoms with E-state index < -0.39 is 17.7 Å². The Morgan fingerprint density at radius 3 is 2.33 bits per heavy atom. The van der Waals surface area contributed by atoms with Crippen molar-refractivity contribution in [1.82, 2.24) is 0 Å². The summed E-state index contributed by atoms with van der Waals surface area (Å²) in [7, 11) is 0. The predicted molar refractivity (Wildman–Crippen MR) is 77.2 cm³/mol. The second-order valence-electron chi connectivity index (χ2n) is 4.67. The van der Waals surface area contributed by atoms with Crippen LogP contribution in [0, 0.1) is 19.7 Å². The minimum atomic E-state index is -1.30. The van der Waals surface area contributed by atoms with E-state index in [0.717, 1.165) is 17.2 Å². The van der Waals surface area contributed by atoms with Crippen LogP contribution in [0.1, 0.15) is 31.8 Å². The first-order valence-electron chi connectivity index (χ1n) is 6.31. The lowest BCUT2D eigenvalue weighted by Crippen LogP contribution is -2.17. The highest BCUT2D eigenvalue weighted by Crippen LogP contribution is 2.22. The van der Waals surface area contributed by atoms with E-state index in [1.807, 2.05) is 13.0 Å². The van der Waals surface area contributed by atoms with Crippen molar-refractivity contribution in [3.8, 4) is 0 Å². The van der Waals surface area contributed by atoms with Crippen molar-refractivity contribution in [2.75, 3.05) is 5.32 Å². The van der Waals surface area contributed by atoms with Crippen LogP contribution in [-0.4, -0.2) is 17.0 Å². The highest BCUT2D eigenvalue weighted by Gasteiger charge is 2.18. The smallest absolute Gasteiger partial charge is 0.337 e. The molecular weight excluding hydrogens is 273 g/mol. The number of aromatic carboxylic acids is 1. The highest BCUT2D eigenvalue weighted by molar-refractivity contribution is 6.08. The largest absolute Gasteiger partial charge is 0.478 e. The van der Waals surface area contributed by atoms with Gasteiger partial charge in [0.15, 0.2) is 0 Å². The van der Waals surface area contributed by atoms with Crippen LogP contribution in [-0.2, 0) is 0 Å². The Morgan fingerprint density at radius 2 is 1.67 bits per heavy atom. The molecule has 0 radical (unpaired) electrons. The van der Waals surface area contributed by atoms with E-state index in [9.17, 15) is 14.0 Å². The van der Waals surface area contributed by atoms with Crippen molar-refractivity contribution in [2.24, 2.45) is 0 Å². The van der Waals surface area contributed by atoms with Gasteiger partial charge in [0.25, 0.3) is 5.91 Å². The molecule has 2 N–H and O–H groups in total. The zero-order valence-corrected chi connectivity index (χ0v) is 11.6. The molecule has 1 amide bonds. The Bertz CT molecular complexity index is 725. The Labute approximate surface area is 121 Å². The normalized spacial score (nSPS) is 10.2. The maximum atomic E-state index is 13.8. The average molecular weight is 287 g/mol. The van der Waals surface area contributed by atoms with E-state index >= 15 is 0 Å². The summed E-state index contributed by atoms with van der Waals surface area (Å²) in [6.45, 7) is 3.64. The molecule has 2 aromatic carbocycles. The van der Waals surface area contributed by atoms with Crippen molar-refractivity contribution in [3.63, 3.8) is 0 Å². The Balaban J connectivity index is 2.41. The molecule has 0 spiro atoms. The molecule has 0 saturated heterocycles. The molecule has 0 unspecified atom stereocenters. The molecule has 0 atom stereocenters. The van der Waals surface area contributed by atoms with Gasteiger partial charge in [0.1, 0.15) is 5.82 Å². The van der Waals surface area contributed by atoms with Gasteiger partial charge in [-0.15, -0.1) is 0 Å². The summed E-state index contributed by atoms with van der Waals surface area (Å²) >= 11 is 0. The number of carbonyl (C=O) groups excluding carboxylic acids is 1. The summed E-state index contributed by atoms with van der Waals surface area (Å²) in [5, 5.41) is 11.4. The lowest BCUT2D eigenvalue weighted by molar-refractivity contribution is 0.0697. The first-order chi connectivity index (χ1) is 9.91. The van der Waals surface area contributed by atoms with E-state index in [-0.39, 0.29) is 11.3 Å². The van der Waals surface area contributed by atoms with Crippen LogP contribution in [0.4, 0.5) is 10.1 Å². The number of amides is 1. The predicted octanol–water partition coefficient (Wildman–Crippen LogP) is 3.39. The van der Waals surface area contributed by atoms with Gasteiger partial charge in [-0.05, 0) is 43.2 Å². The minimum absolute atomic E-state index is 0.284. The number of hydrogen-bond acceptors (Lipinski definition) is 2. The van der Waals surface area contributed by atoms with Crippen LogP contribution in [0.25, 0.3) is 0 Å². The first-order valence-corrected chi connectivity index (χ1v) is 6.31. The van der Waals surface area contributed by atoms with Crippen molar-refractivity contribution in [2.45, 2.75) is 13.8 Å². The van der Waals surface area contributed by atoms with Crippen LogP contribution in [0.5, 0.6) is 0 Å². The van der Waals surface area contributed by atoms with E-state index in [2.05, 4.69) is 5.32 Å². The second kappa shape index (κ2) is 5.75. The summed E-state index contributed by atoms with van der Waals surface area (Å²) in [5.41, 5.74) is 1.47. The fourth-order valence-electron chi connectivity index (χ4n) is 2.01. The maximum absolute atomic E-state index is 13.8. The van der Waals surface area contributed by atoms with Gasteiger partial charge in [0.2, 0.25) is 0 Å². The quantitative estimate of drug-likeness (QED) is 0.909. The fraction of sp³-hybridized carbons (Fsp3) is 0.125. The van der Waals surface area contributed by atoms with Crippen LogP contribution in [0.3, 0.4) is 0 Å². The molecule has 108 valence electrons. The molecule has 0 heterocycles. The molecule has 5 heteroatoms. The van der Waals surface area contributed by atoms with Crippen LogP contribution in [0.2, 0.25) is 0 Å². The van der Waals surface area contributed by atoms with Crippen LogP contribution >= 0.6 is 0 Å². The zero-order chi connectivity index (χ0) is 15.6. The third kappa shape index (κ3) is 2.91. The van der Waals surface area contributed by atoms with Gasteiger partial charge >= 0.3 is 5.97 Å². The van der Waals surface area contributed by atoms with Crippen LogP contribution < -0.4 is 5.32 Å². The molecule has 4 nitrogen and oxygen atoms in total. The van der Waals surface area contributed by atoms with Crippen LogP contribution in [0.15, 0.2) is 36.4 Å². The van der Waals surface area contributed by atoms with Gasteiger partial charge in [0.05, 0.1) is 11.3 Å². The van der Waals surface area contributed by atoms with Crippen molar-refractivity contribution in [3.05, 3.63) is 64.5 Å². The van der Waals surface area contributed by atoms with Gasteiger partial charge in [-0.25, -0.2) is 9.18 Å². The van der Waals surface area contributed by atoms with E-state index in [1.54, 1.807) is 19.1 Å². The van der Waals surface area contributed by atoms with E-state index in [1.165, 1.54) is 12.1 Å². The number of rotatable bonds is 3. The fourth-order valence-corrected chi connectivity index (χ4v) is 2.01. The highest BCUT2D eigenvalue weighted by atomic mass is 19.1. The van der Waals surface area contributed by atoms with E-state index in [4.69, 9.17) is 5.11 Å². The molecule has 21 heavy (non-hydrogen) atoms. The summed E-state index contributed by atoms with van der Waals surface area (Å²) < 4.78 is 13.8. The Morgan fingerprint density at radius 1 is 1.05 bits per heavy atom. The summed E-state index contributed by atoms with van der Waals surface area (Å²) in [5.74, 6) is -2.62. The number of carbonyl (C=O) groups is 2. The molecule has 2 rings (SSSR count). The summed E-state index contributed by atoms with van der Waals surface area (Å²) in [6.07, 6.45) is 0. The van der Waals surface area contributed by atoms with Gasteiger partial charge in [-0.2, -0.15) is 0 Å². The number of anilines is 1. The number of aryl methyl sites for hydroxylation is 1. The number of halogens is 1. The molecule has 0 saturated carbocycles. The Kier molecular flexibility index (Phi) is 4.03. The summed E-state index contributed by atoms with van der Waals surface area (Å²) in [4.78, 5) is 23.3. The third-order valence-electron chi connectivity index (χ3n) is 3.33. The summed E-state index contributed by atoms with van der Waals surface area (Å²) in [6, 6.07) is 8.81. The SMILES string of the molecule is Cc1cccc(C(=O)Nc2c(F)cccc2C(=O)O)c1C. The van der Waals surface area contributed by atoms with Crippen molar-refractivity contribution >= 4 is 17.6 Å². The molecule has 0 fully saturated rings. The van der Waals surface area contributed by atoms with Crippen molar-refractivity contribution in [1.29, 1.82) is 0 Å². The third-order valence-corrected chi connectivity index (χ3v) is 3.33. The average Bonchev–Trinajstić information content (AvgIpc) is 2.43. The maximum Gasteiger partial charge on any atom is 0.337 e. The zero-order valence-electron chi connectivity index (χ0n) is 11.6. The monoisotopic (exact) mass is 287 g/mol. The van der Waals surface area contributed by atoms with Gasteiger partial charge in [0, 0.05) is 5.56 Å². The van der Waals surface area contributed by atoms with E-state index in [0.29, 0.717) is 5.56 Å². The topological polar surface area (TPSA) is 66.4 Å². The molecular formula is C16H14FNO3. The van der Waals surface area contributed by atoms with Gasteiger partial charge in [-0.3, -0.25) is 4.79 Å². The lowest BCUT2D eigenvalue weighted by atomic mass is 10.0. The number of carboxylic acids is 1. The number of benzene rings is 2. The van der Waals surface area contributed by atoms with Crippen molar-refractivity contribution < 1.29 is 19.1 Å². The Hall–Kier alpha value is -2.69. The second-order valence-corrected chi connectivity index (χ2v) is 4.67. The number of para-hydroxylation sites is 1. The number of nitrogens with one attached hydrogen (secondary N) is 1.